The lowest BCUT2D eigenvalue weighted by molar-refractivity contribution is -0.143. The lowest BCUT2D eigenvalue weighted by Crippen LogP contribution is -2.60. The summed E-state index contributed by atoms with van der Waals surface area (Å²) in [6, 6.07) is 12.3. The van der Waals surface area contributed by atoms with E-state index in [4.69, 9.17) is 16.3 Å². The molecule has 1 fully saturated rings. The molecule has 7 nitrogen and oxygen atoms in total. The van der Waals surface area contributed by atoms with Crippen molar-refractivity contribution < 1.29 is 19.1 Å². The predicted octanol–water partition coefficient (Wildman–Crippen LogP) is 2.72. The fraction of sp³-hybridized carbons (Fsp3) is 0.348. The zero-order valence-electron chi connectivity index (χ0n) is 17.2. The molecule has 0 unspecified atom stereocenters. The van der Waals surface area contributed by atoms with Gasteiger partial charge in [0.1, 0.15) is 11.0 Å². The molecular formula is C23H22ClN3O4. The van der Waals surface area contributed by atoms with Gasteiger partial charge in [-0.15, -0.1) is 0 Å². The number of amides is 2. The number of anilines is 2. The predicted molar refractivity (Wildman–Crippen MR) is 116 cm³/mol. The van der Waals surface area contributed by atoms with Gasteiger partial charge in [0.2, 0.25) is 5.91 Å². The molecule has 2 aromatic carbocycles. The van der Waals surface area contributed by atoms with Crippen LogP contribution in [0.15, 0.2) is 42.5 Å². The maximum absolute atomic E-state index is 13.9. The van der Waals surface area contributed by atoms with Crippen LogP contribution in [0.3, 0.4) is 0 Å². The molecular weight excluding hydrogens is 418 g/mol. The second kappa shape index (κ2) is 6.80. The maximum atomic E-state index is 13.9. The average Bonchev–Trinajstić information content (AvgIpc) is 3.30. The van der Waals surface area contributed by atoms with E-state index in [1.807, 2.05) is 30.3 Å². The van der Waals surface area contributed by atoms with Crippen LogP contribution in [0.1, 0.15) is 30.9 Å². The number of esters is 1. The number of hydrogen-bond acceptors (Lipinski definition) is 5. The minimum Gasteiger partial charge on any atom is -0.466 e. The largest absolute Gasteiger partial charge is 0.466 e. The zero-order valence-corrected chi connectivity index (χ0v) is 18.0. The highest BCUT2D eigenvalue weighted by Crippen LogP contribution is 2.61. The van der Waals surface area contributed by atoms with Crippen molar-refractivity contribution in [2.75, 3.05) is 23.9 Å². The molecule has 0 aromatic heterocycles. The number of carbonyl (C=O) groups is 3. The molecule has 3 aliphatic rings. The van der Waals surface area contributed by atoms with Crippen molar-refractivity contribution in [1.29, 1.82) is 0 Å². The Balaban J connectivity index is 1.76. The summed E-state index contributed by atoms with van der Waals surface area (Å²) < 4.78 is 5.14. The van der Waals surface area contributed by atoms with Gasteiger partial charge in [-0.25, -0.2) is 0 Å². The number of carbonyl (C=O) groups excluding carboxylic acids is 3. The van der Waals surface area contributed by atoms with E-state index in [1.54, 1.807) is 26.1 Å². The number of hydrogen-bond donors (Lipinski definition) is 2. The molecule has 3 atom stereocenters. The normalized spacial score (nSPS) is 28.2. The molecule has 160 valence electrons. The van der Waals surface area contributed by atoms with Crippen LogP contribution in [-0.4, -0.2) is 37.5 Å². The number of rotatable bonds is 3. The van der Waals surface area contributed by atoms with Crippen molar-refractivity contribution >= 4 is 40.8 Å². The SMILES string of the molecule is CCOC(=O)C[C@H]1C[C@]2(C(=O)Nc3ccccc32)[C@@]2(N1)C(=O)N(C)c1c(Cl)cccc12. The maximum Gasteiger partial charge on any atom is 0.307 e. The van der Waals surface area contributed by atoms with Crippen LogP contribution in [0.5, 0.6) is 0 Å². The fourth-order valence-corrected chi connectivity index (χ4v) is 5.92. The Kier molecular flexibility index (Phi) is 4.39. The molecule has 3 aliphatic heterocycles. The molecule has 2 spiro atoms. The monoisotopic (exact) mass is 439 g/mol. The van der Waals surface area contributed by atoms with Gasteiger partial charge in [-0.1, -0.05) is 41.9 Å². The second-order valence-electron chi connectivity index (χ2n) is 8.21. The van der Waals surface area contributed by atoms with Crippen molar-refractivity contribution in [3.05, 3.63) is 58.6 Å². The summed E-state index contributed by atoms with van der Waals surface area (Å²) in [5.74, 6) is -0.903. The molecule has 1 saturated heterocycles. The molecule has 0 saturated carbocycles. The molecule has 8 heteroatoms. The molecule has 0 radical (unpaired) electrons. The Morgan fingerprint density at radius 3 is 2.71 bits per heavy atom. The first-order valence-electron chi connectivity index (χ1n) is 10.3. The Bertz CT molecular complexity index is 1140. The van der Waals surface area contributed by atoms with Gasteiger partial charge in [0.25, 0.3) is 5.91 Å². The van der Waals surface area contributed by atoms with Gasteiger partial charge in [-0.2, -0.15) is 0 Å². The van der Waals surface area contributed by atoms with Crippen LogP contribution in [0, 0.1) is 0 Å². The van der Waals surface area contributed by atoms with Crippen molar-refractivity contribution in [3.63, 3.8) is 0 Å². The number of halogens is 1. The summed E-state index contributed by atoms with van der Waals surface area (Å²) in [5, 5.41) is 6.81. The summed E-state index contributed by atoms with van der Waals surface area (Å²) in [7, 11) is 1.66. The second-order valence-corrected chi connectivity index (χ2v) is 8.62. The first-order valence-corrected chi connectivity index (χ1v) is 10.7. The highest BCUT2D eigenvalue weighted by Gasteiger charge is 2.73. The van der Waals surface area contributed by atoms with E-state index in [1.165, 1.54) is 4.90 Å². The van der Waals surface area contributed by atoms with Crippen molar-refractivity contribution in [3.8, 4) is 0 Å². The van der Waals surface area contributed by atoms with Gasteiger partial charge >= 0.3 is 5.97 Å². The van der Waals surface area contributed by atoms with Crippen LogP contribution in [0.2, 0.25) is 5.02 Å². The number of nitrogens with one attached hydrogen (secondary N) is 2. The number of benzene rings is 2. The number of ether oxygens (including phenoxy) is 1. The van der Waals surface area contributed by atoms with E-state index in [0.717, 1.165) is 5.56 Å². The van der Waals surface area contributed by atoms with Gasteiger partial charge in [0.05, 0.1) is 23.7 Å². The summed E-state index contributed by atoms with van der Waals surface area (Å²) in [5.41, 5.74) is 0.0447. The molecule has 3 heterocycles. The lowest BCUT2D eigenvalue weighted by atomic mass is 9.63. The van der Waals surface area contributed by atoms with Crippen molar-refractivity contribution in [1.82, 2.24) is 5.32 Å². The topological polar surface area (TPSA) is 87.7 Å². The van der Waals surface area contributed by atoms with Crippen LogP contribution in [-0.2, 0) is 30.1 Å². The highest BCUT2D eigenvalue weighted by molar-refractivity contribution is 6.35. The van der Waals surface area contributed by atoms with Crippen molar-refractivity contribution in [2.24, 2.45) is 0 Å². The van der Waals surface area contributed by atoms with Crippen LogP contribution in [0.4, 0.5) is 11.4 Å². The Morgan fingerprint density at radius 1 is 1.19 bits per heavy atom. The molecule has 5 rings (SSSR count). The zero-order chi connectivity index (χ0) is 22.0. The van der Waals surface area contributed by atoms with Gasteiger partial charge in [-0.3, -0.25) is 19.7 Å². The van der Waals surface area contributed by atoms with E-state index in [9.17, 15) is 14.4 Å². The number of nitrogens with zero attached hydrogens (tertiary/aromatic N) is 1. The molecule has 0 bridgehead atoms. The van der Waals surface area contributed by atoms with Crippen LogP contribution >= 0.6 is 11.6 Å². The summed E-state index contributed by atoms with van der Waals surface area (Å²) in [6.07, 6.45) is 0.333. The highest BCUT2D eigenvalue weighted by atomic mass is 35.5. The Morgan fingerprint density at radius 2 is 1.94 bits per heavy atom. The summed E-state index contributed by atoms with van der Waals surface area (Å²) in [6.45, 7) is 2.02. The van der Waals surface area contributed by atoms with Crippen LogP contribution < -0.4 is 15.5 Å². The van der Waals surface area contributed by atoms with Gasteiger partial charge in [0.15, 0.2) is 0 Å². The Labute approximate surface area is 184 Å². The standard InChI is InChI=1S/C23H22ClN3O4/c1-3-31-18(28)11-13-12-22(14-7-4-5-10-17(14)25-20(22)29)23(26-13)15-8-6-9-16(24)19(15)27(2)21(23)30/h4-10,13,26H,3,11-12H2,1-2H3,(H,25,29)/t13-,22-,23-/m0/s1. The first kappa shape index (κ1) is 20.0. The number of para-hydroxylation sites is 2. The first-order chi connectivity index (χ1) is 14.9. The Hall–Kier alpha value is -2.90. The molecule has 2 N–H and O–H groups in total. The molecule has 2 amide bonds. The summed E-state index contributed by atoms with van der Waals surface area (Å²) in [4.78, 5) is 41.4. The third-order valence-corrected chi connectivity index (χ3v) is 7.01. The third kappa shape index (κ3) is 2.41. The minimum atomic E-state index is -1.38. The van der Waals surface area contributed by atoms with E-state index in [0.29, 0.717) is 22.0 Å². The van der Waals surface area contributed by atoms with Gasteiger partial charge in [-0.05, 0) is 31.0 Å². The quantitative estimate of drug-likeness (QED) is 0.718. The number of likely N-dealkylation sites (N-methyl/N-ethyl adjacent to an activating group) is 1. The molecule has 31 heavy (non-hydrogen) atoms. The van der Waals surface area contributed by atoms with Crippen LogP contribution in [0.25, 0.3) is 0 Å². The fourth-order valence-electron chi connectivity index (χ4n) is 5.62. The lowest BCUT2D eigenvalue weighted by Gasteiger charge is -2.37. The van der Waals surface area contributed by atoms with E-state index < -0.39 is 17.0 Å². The third-order valence-electron chi connectivity index (χ3n) is 6.71. The number of fused-ring (bicyclic) bond motifs is 5. The minimum absolute atomic E-state index is 0.0552. The molecule has 2 aromatic rings. The van der Waals surface area contributed by atoms with Gasteiger partial charge < -0.3 is 15.0 Å². The van der Waals surface area contributed by atoms with E-state index in [2.05, 4.69) is 10.6 Å². The average molecular weight is 440 g/mol. The van der Waals surface area contributed by atoms with Crippen molar-refractivity contribution in [2.45, 2.75) is 36.8 Å². The summed E-state index contributed by atoms with van der Waals surface area (Å²) >= 11 is 6.49. The smallest absolute Gasteiger partial charge is 0.307 e. The van der Waals surface area contributed by atoms with Gasteiger partial charge in [0, 0.05) is 24.3 Å². The van der Waals surface area contributed by atoms with E-state index in [-0.39, 0.29) is 37.2 Å². The molecule has 0 aliphatic carbocycles. The van der Waals surface area contributed by atoms with E-state index >= 15 is 0 Å².